The number of aromatic nitrogens is 4. The number of carboxylic acid groups (broad SMARTS) is 1. The molecular weight excluding hydrogens is 210 g/mol. The van der Waals surface area contributed by atoms with E-state index in [-0.39, 0.29) is 11.6 Å². The second-order valence-electron chi connectivity index (χ2n) is 3.13. The van der Waals surface area contributed by atoms with Crippen molar-refractivity contribution in [2.45, 2.75) is 6.92 Å². The Balaban J connectivity index is 2.21. The molecular formula is C9H9N5O2. The molecule has 7 nitrogen and oxygen atoms in total. The number of aromatic carboxylic acids is 1. The first kappa shape index (κ1) is 10.1. The Morgan fingerprint density at radius 3 is 3.00 bits per heavy atom. The maximum atomic E-state index is 10.7. The minimum absolute atomic E-state index is 0.0650. The molecule has 0 atom stereocenters. The van der Waals surface area contributed by atoms with Crippen molar-refractivity contribution < 1.29 is 9.90 Å². The van der Waals surface area contributed by atoms with Crippen LogP contribution in [-0.2, 0) is 0 Å². The van der Waals surface area contributed by atoms with Gasteiger partial charge in [0.25, 0.3) is 0 Å². The number of carboxylic acids is 1. The summed E-state index contributed by atoms with van der Waals surface area (Å²) in [6.45, 7) is 1.85. The van der Waals surface area contributed by atoms with Crippen LogP contribution in [0.2, 0.25) is 0 Å². The predicted octanol–water partition coefficient (Wildman–Crippen LogP) is 0.950. The number of H-pyrrole nitrogens is 1. The van der Waals surface area contributed by atoms with E-state index in [0.717, 1.165) is 5.69 Å². The van der Waals surface area contributed by atoms with Crippen LogP contribution in [0.1, 0.15) is 16.2 Å². The van der Waals surface area contributed by atoms with Crippen molar-refractivity contribution in [2.24, 2.45) is 0 Å². The zero-order chi connectivity index (χ0) is 11.5. The molecule has 2 rings (SSSR count). The number of aryl methyl sites for hydroxylation is 1. The van der Waals surface area contributed by atoms with E-state index in [2.05, 4.69) is 25.5 Å². The van der Waals surface area contributed by atoms with Crippen LogP contribution in [0.15, 0.2) is 18.3 Å². The van der Waals surface area contributed by atoms with Gasteiger partial charge in [-0.25, -0.2) is 14.8 Å². The fraction of sp³-hybridized carbons (Fsp3) is 0.111. The van der Waals surface area contributed by atoms with Crippen LogP contribution in [0, 0.1) is 6.92 Å². The molecule has 3 N–H and O–H groups in total. The van der Waals surface area contributed by atoms with Crippen LogP contribution in [0.25, 0.3) is 0 Å². The van der Waals surface area contributed by atoms with Crippen LogP contribution in [-0.4, -0.2) is 31.2 Å². The van der Waals surface area contributed by atoms with Crippen LogP contribution in [0.5, 0.6) is 0 Å². The van der Waals surface area contributed by atoms with Crippen LogP contribution in [0.3, 0.4) is 0 Å². The fourth-order valence-electron chi connectivity index (χ4n) is 1.13. The molecule has 2 aromatic heterocycles. The summed E-state index contributed by atoms with van der Waals surface area (Å²) in [6, 6.07) is 3.08. The zero-order valence-electron chi connectivity index (χ0n) is 8.43. The van der Waals surface area contributed by atoms with E-state index in [9.17, 15) is 4.79 Å². The Bertz CT molecular complexity index is 522. The Labute approximate surface area is 90.6 Å². The third kappa shape index (κ3) is 2.14. The zero-order valence-corrected chi connectivity index (χ0v) is 8.43. The lowest BCUT2D eigenvalue weighted by Crippen LogP contribution is -2.04. The third-order valence-corrected chi connectivity index (χ3v) is 1.82. The summed E-state index contributed by atoms with van der Waals surface area (Å²) in [4.78, 5) is 18.4. The SMILES string of the molecule is Cc1cc(Nc2nccc(C(=O)O)n2)n[nH]1. The third-order valence-electron chi connectivity index (χ3n) is 1.82. The monoisotopic (exact) mass is 219 g/mol. The van der Waals surface area contributed by atoms with Crippen molar-refractivity contribution in [1.29, 1.82) is 0 Å². The van der Waals surface area contributed by atoms with E-state index in [1.807, 2.05) is 6.92 Å². The van der Waals surface area contributed by atoms with E-state index >= 15 is 0 Å². The van der Waals surface area contributed by atoms with Gasteiger partial charge < -0.3 is 10.4 Å². The van der Waals surface area contributed by atoms with E-state index in [1.54, 1.807) is 6.07 Å². The summed E-state index contributed by atoms with van der Waals surface area (Å²) >= 11 is 0. The number of anilines is 2. The smallest absolute Gasteiger partial charge is 0.354 e. The van der Waals surface area contributed by atoms with E-state index in [4.69, 9.17) is 5.11 Å². The highest BCUT2D eigenvalue weighted by Gasteiger charge is 2.07. The molecule has 0 amide bonds. The van der Waals surface area contributed by atoms with Gasteiger partial charge in [0.2, 0.25) is 5.95 Å². The average molecular weight is 219 g/mol. The molecule has 0 saturated carbocycles. The van der Waals surface area contributed by atoms with E-state index in [1.165, 1.54) is 12.3 Å². The van der Waals surface area contributed by atoms with Gasteiger partial charge in [0.05, 0.1) is 0 Å². The molecule has 0 aliphatic carbocycles. The Morgan fingerprint density at radius 1 is 1.56 bits per heavy atom. The van der Waals surface area contributed by atoms with Gasteiger partial charge in [0.1, 0.15) is 0 Å². The second kappa shape index (κ2) is 3.97. The standard InChI is InChI=1S/C9H9N5O2/c1-5-4-7(14-13-5)12-9-10-3-2-6(11-9)8(15)16/h2-4H,1H3,(H,15,16)(H2,10,11,12,13,14). The summed E-state index contributed by atoms with van der Waals surface area (Å²) in [7, 11) is 0. The second-order valence-corrected chi connectivity index (χ2v) is 3.13. The summed E-state index contributed by atoms with van der Waals surface area (Å²) < 4.78 is 0. The minimum atomic E-state index is -1.09. The lowest BCUT2D eigenvalue weighted by Gasteiger charge is -2.00. The van der Waals surface area contributed by atoms with E-state index < -0.39 is 5.97 Å². The maximum absolute atomic E-state index is 10.7. The first-order chi connectivity index (χ1) is 7.65. The molecule has 0 saturated heterocycles. The highest BCUT2D eigenvalue weighted by molar-refractivity contribution is 5.85. The predicted molar refractivity (Wildman–Crippen MR) is 55.6 cm³/mol. The highest BCUT2D eigenvalue weighted by atomic mass is 16.4. The molecule has 2 heterocycles. The minimum Gasteiger partial charge on any atom is -0.477 e. The lowest BCUT2D eigenvalue weighted by molar-refractivity contribution is 0.0690. The molecule has 0 fully saturated rings. The van der Waals surface area contributed by atoms with Gasteiger partial charge in [-0.2, -0.15) is 5.10 Å². The van der Waals surface area contributed by atoms with E-state index in [0.29, 0.717) is 5.82 Å². The summed E-state index contributed by atoms with van der Waals surface area (Å²) in [5.74, 6) is -0.352. The number of nitrogens with one attached hydrogen (secondary N) is 2. The van der Waals surface area contributed by atoms with Crippen molar-refractivity contribution in [3.05, 3.63) is 29.7 Å². The first-order valence-corrected chi connectivity index (χ1v) is 4.50. The van der Waals surface area contributed by atoms with Crippen molar-refractivity contribution in [3.63, 3.8) is 0 Å². The number of hydrogen-bond acceptors (Lipinski definition) is 5. The van der Waals surface area contributed by atoms with Crippen molar-refractivity contribution in [2.75, 3.05) is 5.32 Å². The van der Waals surface area contributed by atoms with Gasteiger partial charge in [0.15, 0.2) is 11.5 Å². The molecule has 0 aliphatic heterocycles. The molecule has 2 aromatic rings. The highest BCUT2D eigenvalue weighted by Crippen LogP contribution is 2.10. The molecule has 0 bridgehead atoms. The summed E-state index contributed by atoms with van der Waals surface area (Å²) in [5.41, 5.74) is 0.821. The number of rotatable bonds is 3. The van der Waals surface area contributed by atoms with Gasteiger partial charge in [0, 0.05) is 18.0 Å². The topological polar surface area (TPSA) is 104 Å². The van der Waals surface area contributed by atoms with Crippen LogP contribution in [0.4, 0.5) is 11.8 Å². The largest absolute Gasteiger partial charge is 0.477 e. The summed E-state index contributed by atoms with van der Waals surface area (Å²) in [5, 5.41) is 18.2. The normalized spacial score (nSPS) is 10.1. The molecule has 16 heavy (non-hydrogen) atoms. The fourth-order valence-corrected chi connectivity index (χ4v) is 1.13. The molecule has 0 radical (unpaired) electrons. The van der Waals surface area contributed by atoms with Gasteiger partial charge in [-0.3, -0.25) is 5.10 Å². The van der Waals surface area contributed by atoms with Crippen molar-refractivity contribution in [3.8, 4) is 0 Å². The lowest BCUT2D eigenvalue weighted by atomic mass is 10.4. The Hall–Kier alpha value is -2.44. The molecule has 0 unspecified atom stereocenters. The van der Waals surface area contributed by atoms with Gasteiger partial charge in [-0.1, -0.05) is 0 Å². The van der Waals surface area contributed by atoms with Crippen LogP contribution < -0.4 is 5.32 Å². The van der Waals surface area contributed by atoms with Crippen LogP contribution >= 0.6 is 0 Å². The number of nitrogens with zero attached hydrogens (tertiary/aromatic N) is 3. The molecule has 0 aliphatic rings. The number of aromatic amines is 1. The summed E-state index contributed by atoms with van der Waals surface area (Å²) in [6.07, 6.45) is 1.37. The van der Waals surface area contributed by atoms with Gasteiger partial charge in [-0.05, 0) is 13.0 Å². The first-order valence-electron chi connectivity index (χ1n) is 4.50. The molecule has 0 spiro atoms. The average Bonchev–Trinajstić information content (AvgIpc) is 2.64. The maximum Gasteiger partial charge on any atom is 0.354 e. The van der Waals surface area contributed by atoms with Crippen molar-refractivity contribution >= 4 is 17.7 Å². The van der Waals surface area contributed by atoms with Gasteiger partial charge >= 0.3 is 5.97 Å². The van der Waals surface area contributed by atoms with Crippen molar-refractivity contribution in [1.82, 2.24) is 20.2 Å². The molecule has 82 valence electrons. The van der Waals surface area contributed by atoms with Gasteiger partial charge in [-0.15, -0.1) is 0 Å². The number of carbonyl (C=O) groups is 1. The molecule has 7 heteroatoms. The quantitative estimate of drug-likeness (QED) is 0.710. The number of hydrogen-bond donors (Lipinski definition) is 3. The molecule has 0 aromatic carbocycles. The Morgan fingerprint density at radius 2 is 2.38 bits per heavy atom. The Kier molecular flexibility index (Phi) is 2.50.